The van der Waals surface area contributed by atoms with Gasteiger partial charge in [-0.2, -0.15) is 5.10 Å². The Hall–Kier alpha value is -1.68. The van der Waals surface area contributed by atoms with E-state index in [2.05, 4.69) is 54.9 Å². The Morgan fingerprint density at radius 2 is 1.71 bits per heavy atom. The molecule has 2 heterocycles. The first-order chi connectivity index (χ1) is 13.3. The predicted molar refractivity (Wildman–Crippen MR) is 124 cm³/mol. The van der Waals surface area contributed by atoms with E-state index in [0.29, 0.717) is 6.54 Å². The van der Waals surface area contributed by atoms with Crippen molar-refractivity contribution in [1.29, 1.82) is 0 Å². The van der Waals surface area contributed by atoms with Crippen molar-refractivity contribution < 1.29 is 0 Å². The molecule has 1 aliphatic rings. The van der Waals surface area contributed by atoms with Gasteiger partial charge in [-0.1, -0.05) is 37.1 Å². The predicted octanol–water partition coefficient (Wildman–Crippen LogP) is 2.67. The van der Waals surface area contributed by atoms with Gasteiger partial charge in [-0.05, 0) is 37.1 Å². The second kappa shape index (κ2) is 12.0. The highest BCUT2D eigenvalue weighted by Gasteiger charge is 2.12. The van der Waals surface area contributed by atoms with Gasteiger partial charge in [0.05, 0.1) is 6.54 Å². The third kappa shape index (κ3) is 6.73. The van der Waals surface area contributed by atoms with E-state index >= 15 is 0 Å². The number of aromatic nitrogens is 3. The van der Waals surface area contributed by atoms with Gasteiger partial charge in [0.2, 0.25) is 0 Å². The van der Waals surface area contributed by atoms with Gasteiger partial charge in [-0.15, -0.1) is 24.0 Å². The van der Waals surface area contributed by atoms with Gasteiger partial charge in [0, 0.05) is 27.2 Å². The lowest BCUT2D eigenvalue weighted by Gasteiger charge is -2.22. The van der Waals surface area contributed by atoms with Crippen LogP contribution in [-0.4, -0.2) is 45.8 Å². The second-order valence-corrected chi connectivity index (χ2v) is 7.04. The highest BCUT2D eigenvalue weighted by molar-refractivity contribution is 14.0. The van der Waals surface area contributed by atoms with Gasteiger partial charge in [-0.25, -0.2) is 4.98 Å². The van der Waals surface area contributed by atoms with Crippen LogP contribution in [0.5, 0.6) is 0 Å². The summed E-state index contributed by atoms with van der Waals surface area (Å²) in [6.45, 7) is 4.79. The number of benzene rings is 1. The second-order valence-electron chi connectivity index (χ2n) is 7.04. The molecule has 1 saturated heterocycles. The fraction of sp³-hybridized carbons (Fsp3) is 0.550. The summed E-state index contributed by atoms with van der Waals surface area (Å²) in [6.07, 6.45) is 6.94. The zero-order valence-electron chi connectivity index (χ0n) is 16.9. The van der Waals surface area contributed by atoms with Gasteiger partial charge in [0.1, 0.15) is 12.2 Å². The minimum atomic E-state index is 0. The number of nitrogens with zero attached hydrogens (tertiary/aromatic N) is 5. The van der Waals surface area contributed by atoms with Crippen molar-refractivity contribution in [3.63, 3.8) is 0 Å². The minimum Gasteiger partial charge on any atom is -0.352 e. The topological polar surface area (TPSA) is 70.4 Å². The molecule has 0 unspecified atom stereocenters. The molecule has 8 heteroatoms. The van der Waals surface area contributed by atoms with Crippen molar-refractivity contribution in [1.82, 2.24) is 30.3 Å². The van der Waals surface area contributed by atoms with Crippen LogP contribution in [-0.2, 0) is 26.7 Å². The van der Waals surface area contributed by atoms with Crippen LogP contribution in [0, 0.1) is 0 Å². The lowest BCUT2D eigenvalue weighted by Crippen LogP contribution is -2.37. The third-order valence-corrected chi connectivity index (χ3v) is 5.10. The molecule has 0 radical (unpaired) electrons. The number of rotatable bonds is 6. The molecule has 3 rings (SSSR count). The SMILES string of the molecule is CN=C(NCc1ccccc1CN1CCCCCC1)NCc1ncnn1C.I. The molecule has 154 valence electrons. The van der Waals surface area contributed by atoms with E-state index in [4.69, 9.17) is 0 Å². The smallest absolute Gasteiger partial charge is 0.191 e. The molecule has 2 N–H and O–H groups in total. The molecule has 28 heavy (non-hydrogen) atoms. The fourth-order valence-electron chi connectivity index (χ4n) is 3.46. The molecule has 1 aliphatic heterocycles. The van der Waals surface area contributed by atoms with Gasteiger partial charge in [0.25, 0.3) is 0 Å². The van der Waals surface area contributed by atoms with Gasteiger partial charge in [0.15, 0.2) is 5.96 Å². The molecule has 0 aliphatic carbocycles. The first-order valence-corrected chi connectivity index (χ1v) is 9.83. The van der Waals surface area contributed by atoms with E-state index < -0.39 is 0 Å². The number of aryl methyl sites for hydroxylation is 1. The zero-order valence-corrected chi connectivity index (χ0v) is 19.2. The number of likely N-dealkylation sites (tertiary alicyclic amines) is 1. The van der Waals surface area contributed by atoms with Crippen molar-refractivity contribution in [3.8, 4) is 0 Å². The molecule has 7 nitrogen and oxygen atoms in total. The molecule has 0 amide bonds. The summed E-state index contributed by atoms with van der Waals surface area (Å²) in [4.78, 5) is 11.1. The van der Waals surface area contributed by atoms with Crippen LogP contribution in [0.3, 0.4) is 0 Å². The quantitative estimate of drug-likeness (QED) is 0.365. The maximum atomic E-state index is 4.32. The summed E-state index contributed by atoms with van der Waals surface area (Å²) in [5.74, 6) is 1.64. The largest absolute Gasteiger partial charge is 0.352 e. The van der Waals surface area contributed by atoms with E-state index in [9.17, 15) is 0 Å². The molecule has 0 atom stereocenters. The van der Waals surface area contributed by atoms with Gasteiger partial charge >= 0.3 is 0 Å². The number of guanidine groups is 1. The summed E-state index contributed by atoms with van der Waals surface area (Å²) < 4.78 is 1.76. The van der Waals surface area contributed by atoms with Crippen LogP contribution in [0.25, 0.3) is 0 Å². The average Bonchev–Trinajstić information content (AvgIpc) is 2.93. The van der Waals surface area contributed by atoms with Crippen LogP contribution in [0.4, 0.5) is 0 Å². The van der Waals surface area contributed by atoms with Crippen molar-refractivity contribution in [2.45, 2.75) is 45.3 Å². The van der Waals surface area contributed by atoms with Crippen molar-refractivity contribution >= 4 is 29.9 Å². The summed E-state index contributed by atoms with van der Waals surface area (Å²) in [5.41, 5.74) is 2.72. The van der Waals surface area contributed by atoms with E-state index in [-0.39, 0.29) is 24.0 Å². The Morgan fingerprint density at radius 1 is 1.04 bits per heavy atom. The Kier molecular flexibility index (Phi) is 9.69. The summed E-state index contributed by atoms with van der Waals surface area (Å²) in [7, 11) is 3.68. The number of halogens is 1. The standard InChI is InChI=1S/C20H31N7.HI/c1-21-20(23-14-19-24-16-25-26(19)2)22-13-17-9-5-6-10-18(17)15-27-11-7-3-4-8-12-27;/h5-6,9-10,16H,3-4,7-8,11-15H2,1-2H3,(H2,21,22,23);1H. The molecular weight excluding hydrogens is 465 g/mol. The van der Waals surface area contributed by atoms with Crippen LogP contribution in [0.15, 0.2) is 35.6 Å². The number of nitrogens with one attached hydrogen (secondary N) is 2. The van der Waals surface area contributed by atoms with Crippen LogP contribution in [0.1, 0.15) is 42.6 Å². The highest BCUT2D eigenvalue weighted by Crippen LogP contribution is 2.16. The summed E-state index contributed by atoms with van der Waals surface area (Å²) in [6, 6.07) is 8.70. The lowest BCUT2D eigenvalue weighted by molar-refractivity contribution is 0.276. The van der Waals surface area contributed by atoms with Gasteiger partial charge in [-0.3, -0.25) is 14.6 Å². The third-order valence-electron chi connectivity index (χ3n) is 5.10. The maximum absolute atomic E-state index is 4.32. The molecule has 1 aromatic carbocycles. The maximum Gasteiger partial charge on any atom is 0.191 e. The number of aliphatic imine (C=N–C) groups is 1. The number of hydrogen-bond acceptors (Lipinski definition) is 4. The Bertz CT molecular complexity index is 736. The molecule has 0 bridgehead atoms. The van der Waals surface area contributed by atoms with Crippen molar-refractivity contribution in [2.75, 3.05) is 20.1 Å². The number of hydrogen-bond donors (Lipinski definition) is 2. The lowest BCUT2D eigenvalue weighted by atomic mass is 10.1. The molecule has 0 saturated carbocycles. The van der Waals surface area contributed by atoms with Crippen LogP contribution < -0.4 is 10.6 Å². The molecule has 0 spiro atoms. The monoisotopic (exact) mass is 497 g/mol. The minimum absolute atomic E-state index is 0. The first kappa shape index (κ1) is 22.6. The molecule has 1 fully saturated rings. The Morgan fingerprint density at radius 3 is 2.36 bits per heavy atom. The van der Waals surface area contributed by atoms with E-state index in [1.807, 2.05) is 7.05 Å². The highest BCUT2D eigenvalue weighted by atomic mass is 127. The van der Waals surface area contributed by atoms with Crippen LogP contribution in [0.2, 0.25) is 0 Å². The van der Waals surface area contributed by atoms with E-state index in [1.54, 1.807) is 18.1 Å². The van der Waals surface area contributed by atoms with E-state index in [0.717, 1.165) is 24.9 Å². The first-order valence-electron chi connectivity index (χ1n) is 9.83. The molecule has 1 aromatic heterocycles. The average molecular weight is 497 g/mol. The van der Waals surface area contributed by atoms with Crippen molar-refractivity contribution in [3.05, 3.63) is 47.5 Å². The van der Waals surface area contributed by atoms with Crippen molar-refractivity contribution in [2.24, 2.45) is 12.0 Å². The van der Waals surface area contributed by atoms with Gasteiger partial charge < -0.3 is 10.6 Å². The zero-order chi connectivity index (χ0) is 18.9. The Balaban J connectivity index is 0.00000280. The van der Waals surface area contributed by atoms with E-state index in [1.165, 1.54) is 49.9 Å². The molecule has 2 aromatic rings. The normalized spacial score (nSPS) is 15.6. The molecular formula is C20H32IN7. The fourth-order valence-corrected chi connectivity index (χ4v) is 3.46. The summed E-state index contributed by atoms with van der Waals surface area (Å²) >= 11 is 0. The Labute approximate surface area is 185 Å². The summed E-state index contributed by atoms with van der Waals surface area (Å²) in [5, 5.41) is 10.8. The van der Waals surface area contributed by atoms with Crippen LogP contribution >= 0.6 is 24.0 Å².